The van der Waals surface area contributed by atoms with Crippen LogP contribution in [0.5, 0.6) is 0 Å². The third kappa shape index (κ3) is 6.90. The molecule has 0 fully saturated rings. The molecule has 0 rings (SSSR count). The van der Waals surface area contributed by atoms with E-state index in [-0.39, 0.29) is 6.61 Å². The number of rotatable bonds is 6. The fourth-order valence-electron chi connectivity index (χ4n) is 1.04. The normalized spacial score (nSPS) is 11.9. The highest BCUT2D eigenvalue weighted by molar-refractivity contribution is 5.85. The number of hydrogen-bond donors (Lipinski definition) is 1. The third-order valence-electron chi connectivity index (χ3n) is 1.87. The molecule has 0 saturated carbocycles. The van der Waals surface area contributed by atoms with Gasteiger partial charge < -0.3 is 15.2 Å². The van der Waals surface area contributed by atoms with Crippen molar-refractivity contribution in [3.05, 3.63) is 0 Å². The zero-order chi connectivity index (χ0) is 11.7. The summed E-state index contributed by atoms with van der Waals surface area (Å²) >= 11 is 0. The summed E-state index contributed by atoms with van der Waals surface area (Å²) in [6.07, 6.45) is 2.48. The Bertz CT molecular complexity index is 206. The number of hydrogen-bond acceptors (Lipinski definition) is 5. The first kappa shape index (κ1) is 13.9. The molecular weight excluding hydrogens is 198 g/mol. The van der Waals surface area contributed by atoms with Crippen LogP contribution >= 0.6 is 0 Å². The van der Waals surface area contributed by atoms with Crippen molar-refractivity contribution in [2.24, 2.45) is 5.73 Å². The molecule has 5 nitrogen and oxygen atoms in total. The van der Waals surface area contributed by atoms with E-state index in [4.69, 9.17) is 5.73 Å². The molecule has 5 heteroatoms. The van der Waals surface area contributed by atoms with Gasteiger partial charge in [-0.2, -0.15) is 0 Å². The lowest BCUT2D eigenvalue weighted by Gasteiger charge is -2.09. The Morgan fingerprint density at radius 1 is 1.27 bits per heavy atom. The molecule has 0 aromatic carbocycles. The van der Waals surface area contributed by atoms with E-state index >= 15 is 0 Å². The minimum atomic E-state index is -0.978. The van der Waals surface area contributed by atoms with Crippen LogP contribution in [0.15, 0.2) is 0 Å². The van der Waals surface area contributed by atoms with Gasteiger partial charge in [0.25, 0.3) is 0 Å². The van der Waals surface area contributed by atoms with Crippen LogP contribution in [0.4, 0.5) is 4.79 Å². The van der Waals surface area contributed by atoms with Gasteiger partial charge in [-0.05, 0) is 13.3 Å². The van der Waals surface area contributed by atoms with Crippen LogP contribution in [-0.2, 0) is 14.3 Å². The molecule has 0 spiro atoms. The number of carbonyl (C=O) groups excluding carboxylic acids is 2. The molecule has 2 N–H and O–H groups in total. The third-order valence-corrected chi connectivity index (χ3v) is 1.87. The lowest BCUT2D eigenvalue weighted by atomic mass is 10.1. The van der Waals surface area contributed by atoms with Crippen LogP contribution in [0.3, 0.4) is 0 Å². The molecule has 0 aromatic rings. The summed E-state index contributed by atoms with van der Waals surface area (Å²) in [5, 5.41) is 0. The van der Waals surface area contributed by atoms with E-state index < -0.39 is 18.2 Å². The van der Waals surface area contributed by atoms with Gasteiger partial charge in [0.05, 0.1) is 6.61 Å². The molecule has 0 heterocycles. The summed E-state index contributed by atoms with van der Waals surface area (Å²) in [6.45, 7) is 3.87. The summed E-state index contributed by atoms with van der Waals surface area (Å²) in [5.41, 5.74) is 5.52. The summed E-state index contributed by atoms with van der Waals surface area (Å²) in [4.78, 5) is 21.9. The molecule has 0 saturated heterocycles. The molecule has 0 amide bonds. The van der Waals surface area contributed by atoms with E-state index in [1.165, 1.54) is 0 Å². The highest BCUT2D eigenvalue weighted by Crippen LogP contribution is 2.03. The molecule has 15 heavy (non-hydrogen) atoms. The van der Waals surface area contributed by atoms with Crippen molar-refractivity contribution in [1.82, 2.24) is 0 Å². The molecule has 0 aromatic heterocycles. The van der Waals surface area contributed by atoms with Gasteiger partial charge in [-0.25, -0.2) is 9.59 Å². The van der Waals surface area contributed by atoms with Gasteiger partial charge >= 0.3 is 12.1 Å². The zero-order valence-corrected chi connectivity index (χ0v) is 9.32. The van der Waals surface area contributed by atoms with Crippen LogP contribution in [0, 0.1) is 0 Å². The topological polar surface area (TPSA) is 78.6 Å². The van der Waals surface area contributed by atoms with E-state index in [0.717, 1.165) is 19.3 Å². The molecule has 88 valence electrons. The van der Waals surface area contributed by atoms with Crippen molar-refractivity contribution in [2.75, 3.05) is 6.61 Å². The fourth-order valence-corrected chi connectivity index (χ4v) is 1.04. The lowest BCUT2D eigenvalue weighted by Crippen LogP contribution is -2.33. The van der Waals surface area contributed by atoms with Crippen molar-refractivity contribution < 1.29 is 19.1 Å². The van der Waals surface area contributed by atoms with Crippen LogP contribution in [0.25, 0.3) is 0 Å². The maximum Gasteiger partial charge on any atom is 0.516 e. The molecule has 0 aliphatic carbocycles. The van der Waals surface area contributed by atoms with Gasteiger partial charge in [-0.1, -0.05) is 26.2 Å². The fraction of sp³-hybridized carbons (Fsp3) is 0.800. The van der Waals surface area contributed by atoms with E-state index in [9.17, 15) is 9.59 Å². The van der Waals surface area contributed by atoms with E-state index in [2.05, 4.69) is 16.4 Å². The Morgan fingerprint density at radius 3 is 2.47 bits per heavy atom. The standard InChI is InChI=1S/C10H19NO4/c1-3-5-6-7-8(11)9(12)15-10(13)14-4-2/h8H,3-7,11H2,1-2H3/t8-/m0/s1. The van der Waals surface area contributed by atoms with Crippen LogP contribution in [0.1, 0.15) is 39.5 Å². The molecule has 0 aliphatic rings. The number of nitrogens with two attached hydrogens (primary N) is 1. The molecular formula is C10H19NO4. The molecule has 0 unspecified atom stereocenters. The minimum absolute atomic E-state index is 0.178. The number of esters is 1. The van der Waals surface area contributed by atoms with Crippen molar-refractivity contribution >= 4 is 12.1 Å². The second kappa shape index (κ2) is 8.23. The first-order chi connectivity index (χ1) is 7.11. The summed E-state index contributed by atoms with van der Waals surface area (Å²) in [7, 11) is 0. The summed E-state index contributed by atoms with van der Waals surface area (Å²) in [5.74, 6) is -0.718. The van der Waals surface area contributed by atoms with Gasteiger partial charge in [-0.15, -0.1) is 0 Å². The Kier molecular flexibility index (Phi) is 7.62. The van der Waals surface area contributed by atoms with Crippen LogP contribution in [0.2, 0.25) is 0 Å². The lowest BCUT2D eigenvalue weighted by molar-refractivity contribution is -0.141. The van der Waals surface area contributed by atoms with E-state index in [0.29, 0.717) is 6.42 Å². The van der Waals surface area contributed by atoms with Gasteiger partial charge in [0, 0.05) is 0 Å². The van der Waals surface area contributed by atoms with E-state index in [1.807, 2.05) is 0 Å². The second-order valence-electron chi connectivity index (χ2n) is 3.21. The predicted molar refractivity (Wildman–Crippen MR) is 55.2 cm³/mol. The SMILES string of the molecule is CCCCC[C@H](N)C(=O)OC(=O)OCC. The Morgan fingerprint density at radius 2 is 1.93 bits per heavy atom. The predicted octanol–water partition coefficient (Wildman–Crippen LogP) is 1.59. The first-order valence-electron chi connectivity index (χ1n) is 5.25. The Labute approximate surface area is 89.9 Å². The minimum Gasteiger partial charge on any atom is -0.434 e. The highest BCUT2D eigenvalue weighted by Gasteiger charge is 2.18. The van der Waals surface area contributed by atoms with Crippen molar-refractivity contribution in [3.63, 3.8) is 0 Å². The van der Waals surface area contributed by atoms with Crippen molar-refractivity contribution in [1.29, 1.82) is 0 Å². The molecule has 0 aliphatic heterocycles. The average molecular weight is 217 g/mol. The van der Waals surface area contributed by atoms with E-state index in [1.54, 1.807) is 6.92 Å². The van der Waals surface area contributed by atoms with Gasteiger partial charge in [0.2, 0.25) is 0 Å². The summed E-state index contributed by atoms with van der Waals surface area (Å²) in [6, 6.07) is -0.735. The monoisotopic (exact) mass is 217 g/mol. The average Bonchev–Trinajstić information content (AvgIpc) is 2.18. The van der Waals surface area contributed by atoms with Gasteiger partial charge in [0.1, 0.15) is 6.04 Å². The van der Waals surface area contributed by atoms with Gasteiger partial charge in [-0.3, -0.25) is 0 Å². The Balaban J connectivity index is 3.73. The van der Waals surface area contributed by atoms with Crippen LogP contribution < -0.4 is 5.73 Å². The number of unbranched alkanes of at least 4 members (excludes halogenated alkanes) is 2. The smallest absolute Gasteiger partial charge is 0.434 e. The van der Waals surface area contributed by atoms with Gasteiger partial charge in [0.15, 0.2) is 0 Å². The van der Waals surface area contributed by atoms with Crippen molar-refractivity contribution in [3.8, 4) is 0 Å². The molecule has 1 atom stereocenters. The summed E-state index contributed by atoms with van der Waals surface area (Å²) < 4.78 is 8.81. The van der Waals surface area contributed by atoms with Crippen molar-refractivity contribution in [2.45, 2.75) is 45.6 Å². The maximum absolute atomic E-state index is 11.2. The van der Waals surface area contributed by atoms with Crippen LogP contribution in [-0.4, -0.2) is 24.8 Å². The largest absolute Gasteiger partial charge is 0.516 e. The number of carbonyl (C=O) groups is 2. The molecule has 0 radical (unpaired) electrons. The molecule has 0 bridgehead atoms. The second-order valence-corrected chi connectivity index (χ2v) is 3.21. The zero-order valence-electron chi connectivity index (χ0n) is 9.32. The number of ether oxygens (including phenoxy) is 2. The first-order valence-corrected chi connectivity index (χ1v) is 5.25. The highest BCUT2D eigenvalue weighted by atomic mass is 16.7. The Hall–Kier alpha value is -1.10. The maximum atomic E-state index is 11.2. The quantitative estimate of drug-likeness (QED) is 0.415.